The summed E-state index contributed by atoms with van der Waals surface area (Å²) in [6.45, 7) is 6.81. The Balaban J connectivity index is 1.88. The molecule has 0 spiro atoms. The highest BCUT2D eigenvalue weighted by molar-refractivity contribution is 5.27. The van der Waals surface area contributed by atoms with E-state index in [4.69, 9.17) is 4.74 Å². The van der Waals surface area contributed by atoms with E-state index in [1.807, 2.05) is 0 Å². The Morgan fingerprint density at radius 1 is 1.11 bits per heavy atom. The number of aryl methyl sites for hydroxylation is 1. The van der Waals surface area contributed by atoms with E-state index >= 15 is 0 Å². The number of benzene rings is 1. The maximum absolute atomic E-state index is 6.21. The standard InChI is InChI=1S/C18H28O/c1-4-6-8-16-13-14(3)18(16)19-17-11-9-15(7-5-2)10-12-17/h9-12,14,16,18H,4-8,13H2,1-3H3. The van der Waals surface area contributed by atoms with Gasteiger partial charge in [0, 0.05) is 0 Å². The van der Waals surface area contributed by atoms with Crippen LogP contribution in [0.2, 0.25) is 0 Å². The van der Waals surface area contributed by atoms with Crippen molar-refractivity contribution >= 4 is 0 Å². The summed E-state index contributed by atoms with van der Waals surface area (Å²) >= 11 is 0. The minimum Gasteiger partial charge on any atom is -0.490 e. The highest BCUT2D eigenvalue weighted by atomic mass is 16.5. The fourth-order valence-corrected chi connectivity index (χ4v) is 3.16. The predicted octanol–water partition coefficient (Wildman–Crippen LogP) is 5.23. The molecule has 1 heteroatoms. The second kappa shape index (κ2) is 6.98. The quantitative estimate of drug-likeness (QED) is 0.652. The molecular formula is C18H28O. The molecule has 2 rings (SSSR count). The van der Waals surface area contributed by atoms with Crippen molar-refractivity contribution < 1.29 is 4.74 Å². The topological polar surface area (TPSA) is 9.23 Å². The molecule has 1 aliphatic carbocycles. The minimum absolute atomic E-state index is 0.448. The summed E-state index contributed by atoms with van der Waals surface area (Å²) in [7, 11) is 0. The van der Waals surface area contributed by atoms with Gasteiger partial charge < -0.3 is 4.74 Å². The molecule has 0 N–H and O–H groups in total. The van der Waals surface area contributed by atoms with Gasteiger partial charge in [0.25, 0.3) is 0 Å². The normalized spacial score (nSPS) is 25.9. The molecule has 3 atom stereocenters. The van der Waals surface area contributed by atoms with E-state index in [0.29, 0.717) is 6.10 Å². The van der Waals surface area contributed by atoms with E-state index in [1.165, 1.54) is 44.1 Å². The molecule has 0 bridgehead atoms. The van der Waals surface area contributed by atoms with Crippen molar-refractivity contribution in [1.29, 1.82) is 0 Å². The van der Waals surface area contributed by atoms with E-state index in [-0.39, 0.29) is 0 Å². The van der Waals surface area contributed by atoms with Crippen molar-refractivity contribution in [3.8, 4) is 5.75 Å². The first-order valence-electron chi connectivity index (χ1n) is 8.00. The summed E-state index contributed by atoms with van der Waals surface area (Å²) in [5, 5.41) is 0. The van der Waals surface area contributed by atoms with E-state index in [0.717, 1.165) is 17.6 Å². The first-order chi connectivity index (χ1) is 9.24. The van der Waals surface area contributed by atoms with Gasteiger partial charge in [0.1, 0.15) is 11.9 Å². The lowest BCUT2D eigenvalue weighted by Crippen LogP contribution is -2.44. The van der Waals surface area contributed by atoms with Crippen LogP contribution in [0.25, 0.3) is 0 Å². The summed E-state index contributed by atoms with van der Waals surface area (Å²) in [4.78, 5) is 0. The third kappa shape index (κ3) is 3.75. The van der Waals surface area contributed by atoms with Gasteiger partial charge in [-0.25, -0.2) is 0 Å². The van der Waals surface area contributed by atoms with Crippen LogP contribution in [-0.4, -0.2) is 6.10 Å². The minimum atomic E-state index is 0.448. The Labute approximate surface area is 118 Å². The Kier molecular flexibility index (Phi) is 5.30. The Morgan fingerprint density at radius 2 is 1.84 bits per heavy atom. The van der Waals surface area contributed by atoms with Gasteiger partial charge >= 0.3 is 0 Å². The molecule has 1 fully saturated rings. The van der Waals surface area contributed by atoms with Gasteiger partial charge in [-0.3, -0.25) is 0 Å². The van der Waals surface area contributed by atoms with Crippen LogP contribution in [0.1, 0.15) is 58.4 Å². The predicted molar refractivity (Wildman–Crippen MR) is 81.6 cm³/mol. The van der Waals surface area contributed by atoms with Crippen molar-refractivity contribution in [2.75, 3.05) is 0 Å². The molecule has 106 valence electrons. The highest BCUT2D eigenvalue weighted by Gasteiger charge is 2.39. The first-order valence-corrected chi connectivity index (χ1v) is 8.00. The van der Waals surface area contributed by atoms with Gasteiger partial charge in [-0.1, -0.05) is 52.2 Å². The van der Waals surface area contributed by atoms with Gasteiger partial charge in [0.05, 0.1) is 0 Å². The third-order valence-corrected chi connectivity index (χ3v) is 4.36. The molecule has 3 unspecified atom stereocenters. The van der Waals surface area contributed by atoms with Gasteiger partial charge in [0.2, 0.25) is 0 Å². The first kappa shape index (κ1) is 14.4. The highest BCUT2D eigenvalue weighted by Crippen LogP contribution is 2.40. The molecular weight excluding hydrogens is 232 g/mol. The zero-order valence-corrected chi connectivity index (χ0v) is 12.7. The third-order valence-electron chi connectivity index (χ3n) is 4.36. The van der Waals surface area contributed by atoms with E-state index in [2.05, 4.69) is 45.0 Å². The lowest BCUT2D eigenvalue weighted by molar-refractivity contribution is -0.0167. The van der Waals surface area contributed by atoms with Gasteiger partial charge in [0.15, 0.2) is 0 Å². The molecule has 0 heterocycles. The SMILES string of the molecule is CCCCC1CC(C)C1Oc1ccc(CCC)cc1. The second-order valence-corrected chi connectivity index (χ2v) is 6.09. The summed E-state index contributed by atoms with van der Waals surface area (Å²) < 4.78 is 6.21. The van der Waals surface area contributed by atoms with Crippen LogP contribution >= 0.6 is 0 Å². The molecule has 1 aliphatic rings. The van der Waals surface area contributed by atoms with Crippen LogP contribution in [0.15, 0.2) is 24.3 Å². The summed E-state index contributed by atoms with van der Waals surface area (Å²) in [6.07, 6.45) is 8.13. The monoisotopic (exact) mass is 260 g/mol. The van der Waals surface area contributed by atoms with E-state index < -0.39 is 0 Å². The molecule has 0 saturated heterocycles. The van der Waals surface area contributed by atoms with E-state index in [1.54, 1.807) is 0 Å². The molecule has 1 saturated carbocycles. The average Bonchev–Trinajstić information content (AvgIpc) is 2.43. The smallest absolute Gasteiger partial charge is 0.119 e. The van der Waals surface area contributed by atoms with Crippen LogP contribution < -0.4 is 4.74 Å². The molecule has 1 aromatic rings. The fourth-order valence-electron chi connectivity index (χ4n) is 3.16. The van der Waals surface area contributed by atoms with Crippen LogP contribution in [-0.2, 0) is 6.42 Å². The lowest BCUT2D eigenvalue weighted by Gasteiger charge is -2.43. The molecule has 1 nitrogen and oxygen atoms in total. The molecule has 0 amide bonds. The number of unbranched alkanes of at least 4 members (excludes halogenated alkanes) is 1. The fraction of sp³-hybridized carbons (Fsp3) is 0.667. The van der Waals surface area contributed by atoms with Gasteiger partial charge in [-0.15, -0.1) is 0 Å². The van der Waals surface area contributed by atoms with Gasteiger partial charge in [-0.05, 0) is 48.8 Å². The van der Waals surface area contributed by atoms with Gasteiger partial charge in [-0.2, -0.15) is 0 Å². The van der Waals surface area contributed by atoms with Crippen molar-refractivity contribution in [2.45, 2.75) is 65.4 Å². The maximum atomic E-state index is 6.21. The number of rotatable bonds is 7. The van der Waals surface area contributed by atoms with Crippen molar-refractivity contribution in [3.05, 3.63) is 29.8 Å². The average molecular weight is 260 g/mol. The van der Waals surface area contributed by atoms with Crippen molar-refractivity contribution in [3.63, 3.8) is 0 Å². The largest absolute Gasteiger partial charge is 0.490 e. The second-order valence-electron chi connectivity index (χ2n) is 6.09. The van der Waals surface area contributed by atoms with Crippen molar-refractivity contribution in [1.82, 2.24) is 0 Å². The van der Waals surface area contributed by atoms with Crippen LogP contribution in [0.3, 0.4) is 0 Å². The summed E-state index contributed by atoms with van der Waals surface area (Å²) in [6, 6.07) is 8.71. The van der Waals surface area contributed by atoms with Crippen molar-refractivity contribution in [2.24, 2.45) is 11.8 Å². The molecule has 1 aromatic carbocycles. The molecule has 0 aliphatic heterocycles. The molecule has 0 aromatic heterocycles. The number of ether oxygens (including phenoxy) is 1. The Bertz CT molecular complexity index is 368. The maximum Gasteiger partial charge on any atom is 0.119 e. The Hall–Kier alpha value is -0.980. The zero-order chi connectivity index (χ0) is 13.7. The molecule has 19 heavy (non-hydrogen) atoms. The van der Waals surface area contributed by atoms with E-state index in [9.17, 15) is 0 Å². The zero-order valence-electron chi connectivity index (χ0n) is 12.7. The number of hydrogen-bond donors (Lipinski definition) is 0. The Morgan fingerprint density at radius 3 is 2.42 bits per heavy atom. The molecule has 0 radical (unpaired) electrons. The van der Waals surface area contributed by atoms with Crippen LogP contribution in [0.4, 0.5) is 0 Å². The van der Waals surface area contributed by atoms with Crippen LogP contribution in [0.5, 0.6) is 5.75 Å². The lowest BCUT2D eigenvalue weighted by atomic mass is 9.70. The summed E-state index contributed by atoms with van der Waals surface area (Å²) in [5.74, 6) is 2.56. The number of hydrogen-bond acceptors (Lipinski definition) is 1. The summed E-state index contributed by atoms with van der Waals surface area (Å²) in [5.41, 5.74) is 1.42. The van der Waals surface area contributed by atoms with Crippen LogP contribution in [0, 0.1) is 11.8 Å².